The Kier molecular flexibility index (Phi) is 4.91. The Morgan fingerprint density at radius 1 is 1.43 bits per heavy atom. The number of likely N-dealkylation sites (N-methyl/N-ethyl adjacent to an activating group) is 1. The van der Waals surface area contributed by atoms with Gasteiger partial charge in [0, 0.05) is 32.7 Å². The second kappa shape index (κ2) is 6.34. The number of ether oxygens (including phenoxy) is 1. The van der Waals surface area contributed by atoms with Gasteiger partial charge in [-0.2, -0.15) is 5.10 Å². The predicted octanol–water partition coefficient (Wildman–Crippen LogP) is 0.619. The van der Waals surface area contributed by atoms with Gasteiger partial charge in [0.05, 0.1) is 24.4 Å². The number of rotatable bonds is 5. The maximum atomic E-state index is 6.11. The Bertz CT molecular complexity index is 485. The van der Waals surface area contributed by atoms with E-state index in [4.69, 9.17) is 10.5 Å². The van der Waals surface area contributed by atoms with E-state index in [-0.39, 0.29) is 6.04 Å². The fourth-order valence-electron chi connectivity index (χ4n) is 3.64. The fourth-order valence-corrected chi connectivity index (χ4v) is 3.64. The van der Waals surface area contributed by atoms with Gasteiger partial charge in [0.1, 0.15) is 0 Å². The highest BCUT2D eigenvalue weighted by Gasteiger charge is 2.37. The first kappa shape index (κ1) is 16.3. The van der Waals surface area contributed by atoms with Gasteiger partial charge < -0.3 is 15.4 Å². The monoisotopic (exact) mass is 295 g/mol. The van der Waals surface area contributed by atoms with E-state index in [1.54, 1.807) is 11.8 Å². The van der Waals surface area contributed by atoms with Crippen LogP contribution < -0.4 is 10.5 Å². The highest BCUT2D eigenvalue weighted by Crippen LogP contribution is 2.35. The molecular weight excluding hydrogens is 266 g/mol. The lowest BCUT2D eigenvalue weighted by molar-refractivity contribution is 0.215. The molecule has 2 N–H and O–H groups in total. The first-order valence-electron chi connectivity index (χ1n) is 7.58. The average molecular weight is 295 g/mol. The molecule has 0 spiro atoms. The van der Waals surface area contributed by atoms with Gasteiger partial charge in [0.2, 0.25) is 5.88 Å². The maximum Gasteiger partial charge on any atom is 0.216 e. The van der Waals surface area contributed by atoms with Crippen molar-refractivity contribution in [1.29, 1.82) is 0 Å². The molecule has 0 aliphatic carbocycles. The first-order chi connectivity index (χ1) is 9.90. The number of aryl methyl sites for hydroxylation is 2. The van der Waals surface area contributed by atoms with Crippen LogP contribution in [0.2, 0.25) is 0 Å². The molecule has 1 aromatic rings. The lowest BCUT2D eigenvalue weighted by Crippen LogP contribution is -2.37. The highest BCUT2D eigenvalue weighted by molar-refractivity contribution is 5.35. The highest BCUT2D eigenvalue weighted by atomic mass is 16.5. The minimum absolute atomic E-state index is 0.168. The summed E-state index contributed by atoms with van der Waals surface area (Å²) in [6, 6.07) is 0.739. The molecular formula is C15H29N5O. The number of nitrogens with zero attached hydrogens (tertiary/aromatic N) is 4. The summed E-state index contributed by atoms with van der Waals surface area (Å²) in [5.74, 6) is 1.46. The minimum Gasteiger partial charge on any atom is -0.481 e. The van der Waals surface area contributed by atoms with Gasteiger partial charge in [0.25, 0.3) is 0 Å². The maximum absolute atomic E-state index is 6.11. The second-order valence-corrected chi connectivity index (χ2v) is 6.35. The molecule has 2 heterocycles. The van der Waals surface area contributed by atoms with Crippen molar-refractivity contribution in [3.05, 3.63) is 11.3 Å². The third kappa shape index (κ3) is 2.93. The Morgan fingerprint density at radius 2 is 2.10 bits per heavy atom. The Hall–Kier alpha value is -1.11. The summed E-state index contributed by atoms with van der Waals surface area (Å²) in [5, 5.41) is 4.49. The average Bonchev–Trinajstić information content (AvgIpc) is 2.92. The number of hydrogen-bond acceptors (Lipinski definition) is 5. The summed E-state index contributed by atoms with van der Waals surface area (Å²) in [4.78, 5) is 4.79. The second-order valence-electron chi connectivity index (χ2n) is 6.35. The summed E-state index contributed by atoms with van der Waals surface area (Å²) >= 11 is 0. The molecule has 1 aromatic heterocycles. The molecule has 0 bridgehead atoms. The number of hydrogen-bond donors (Lipinski definition) is 1. The van der Waals surface area contributed by atoms with Crippen molar-refractivity contribution in [1.82, 2.24) is 19.6 Å². The van der Waals surface area contributed by atoms with E-state index >= 15 is 0 Å². The Morgan fingerprint density at radius 3 is 2.57 bits per heavy atom. The molecule has 0 amide bonds. The number of nitrogens with two attached hydrogens (primary N) is 1. The van der Waals surface area contributed by atoms with Gasteiger partial charge in [-0.05, 0) is 26.9 Å². The molecule has 0 radical (unpaired) electrons. The van der Waals surface area contributed by atoms with Crippen molar-refractivity contribution in [2.75, 3.05) is 40.8 Å². The molecule has 3 unspecified atom stereocenters. The van der Waals surface area contributed by atoms with Crippen molar-refractivity contribution in [2.45, 2.75) is 25.9 Å². The van der Waals surface area contributed by atoms with Crippen molar-refractivity contribution < 1.29 is 4.74 Å². The van der Waals surface area contributed by atoms with E-state index < -0.39 is 0 Å². The van der Waals surface area contributed by atoms with Crippen molar-refractivity contribution in [2.24, 2.45) is 18.7 Å². The third-order valence-corrected chi connectivity index (χ3v) is 4.67. The largest absolute Gasteiger partial charge is 0.481 e. The van der Waals surface area contributed by atoms with Crippen LogP contribution in [0, 0.1) is 12.8 Å². The zero-order chi connectivity index (χ0) is 15.7. The van der Waals surface area contributed by atoms with Crippen LogP contribution in [-0.4, -0.2) is 66.5 Å². The molecule has 1 saturated heterocycles. The molecule has 0 aromatic carbocycles. The van der Waals surface area contributed by atoms with Crippen molar-refractivity contribution >= 4 is 0 Å². The fraction of sp³-hybridized carbons (Fsp3) is 0.800. The standard InChI is InChI=1S/C15H29N5O/c1-10-8-20(9-13(10)18(3)4)12(7-16)14-11(2)17-19(5)15(14)21-6/h10,12-13H,7-9,16H2,1-6H3. The summed E-state index contributed by atoms with van der Waals surface area (Å²) < 4.78 is 7.35. The molecule has 120 valence electrons. The van der Waals surface area contributed by atoms with E-state index in [2.05, 4.69) is 35.9 Å². The lowest BCUT2D eigenvalue weighted by atomic mass is 10.1. The minimum atomic E-state index is 0.168. The van der Waals surface area contributed by atoms with Gasteiger partial charge in [-0.15, -0.1) is 0 Å². The van der Waals surface area contributed by atoms with Gasteiger partial charge in [-0.1, -0.05) is 6.92 Å². The molecule has 1 aliphatic rings. The number of likely N-dealkylation sites (tertiary alicyclic amines) is 1. The van der Waals surface area contributed by atoms with Crippen molar-refractivity contribution in [3.63, 3.8) is 0 Å². The van der Waals surface area contributed by atoms with Gasteiger partial charge in [0.15, 0.2) is 0 Å². The molecule has 21 heavy (non-hydrogen) atoms. The Balaban J connectivity index is 2.29. The zero-order valence-electron chi connectivity index (χ0n) is 14.1. The van der Waals surface area contributed by atoms with E-state index in [0.29, 0.717) is 18.5 Å². The van der Waals surface area contributed by atoms with Crippen LogP contribution >= 0.6 is 0 Å². The molecule has 6 heteroatoms. The topological polar surface area (TPSA) is 59.6 Å². The molecule has 6 nitrogen and oxygen atoms in total. The lowest BCUT2D eigenvalue weighted by Gasteiger charge is -2.28. The van der Waals surface area contributed by atoms with Crippen LogP contribution in [0.1, 0.15) is 24.2 Å². The van der Waals surface area contributed by atoms with E-state index in [0.717, 1.165) is 30.2 Å². The summed E-state index contributed by atoms with van der Waals surface area (Å²) in [6.45, 7) is 7.01. The smallest absolute Gasteiger partial charge is 0.216 e. The summed E-state index contributed by atoms with van der Waals surface area (Å²) in [6.07, 6.45) is 0. The van der Waals surface area contributed by atoms with Gasteiger partial charge >= 0.3 is 0 Å². The number of methoxy groups -OCH3 is 1. The SMILES string of the molecule is COc1c(C(CN)N2CC(C)C(N(C)C)C2)c(C)nn1C. The quantitative estimate of drug-likeness (QED) is 0.863. The molecule has 3 atom stereocenters. The zero-order valence-corrected chi connectivity index (χ0v) is 14.1. The van der Waals surface area contributed by atoms with Crippen LogP contribution in [0.15, 0.2) is 0 Å². The van der Waals surface area contributed by atoms with E-state index in [9.17, 15) is 0 Å². The van der Waals surface area contributed by atoms with Crippen LogP contribution in [0.3, 0.4) is 0 Å². The van der Waals surface area contributed by atoms with Gasteiger partial charge in [-0.3, -0.25) is 4.90 Å². The normalized spacial score (nSPS) is 24.8. The van der Waals surface area contributed by atoms with Crippen molar-refractivity contribution in [3.8, 4) is 5.88 Å². The van der Waals surface area contributed by atoms with Crippen LogP contribution in [0.25, 0.3) is 0 Å². The van der Waals surface area contributed by atoms with E-state index in [1.165, 1.54) is 0 Å². The van der Waals surface area contributed by atoms with Crippen LogP contribution in [-0.2, 0) is 7.05 Å². The van der Waals surface area contributed by atoms with E-state index in [1.807, 2.05) is 14.0 Å². The Labute approximate surface area is 127 Å². The predicted molar refractivity (Wildman–Crippen MR) is 84.5 cm³/mol. The molecule has 2 rings (SSSR count). The van der Waals surface area contributed by atoms with Gasteiger partial charge in [-0.25, -0.2) is 4.68 Å². The summed E-state index contributed by atoms with van der Waals surface area (Å²) in [7, 11) is 7.91. The molecule has 1 aliphatic heterocycles. The number of aromatic nitrogens is 2. The first-order valence-corrected chi connectivity index (χ1v) is 7.58. The third-order valence-electron chi connectivity index (χ3n) is 4.67. The van der Waals surface area contributed by atoms with Crippen LogP contribution in [0.5, 0.6) is 5.88 Å². The molecule has 0 saturated carbocycles. The molecule has 1 fully saturated rings. The summed E-state index contributed by atoms with van der Waals surface area (Å²) in [5.41, 5.74) is 8.24. The van der Waals surface area contributed by atoms with Crippen LogP contribution in [0.4, 0.5) is 0 Å².